The van der Waals surface area contributed by atoms with Crippen LogP contribution < -0.4 is 10.9 Å². The predicted molar refractivity (Wildman–Crippen MR) is 85.0 cm³/mol. The maximum Gasteiger partial charge on any atom is 0.263 e. The highest BCUT2D eigenvalue weighted by Gasteiger charge is 2.34. The van der Waals surface area contributed by atoms with E-state index in [1.807, 2.05) is 44.2 Å². The molecule has 0 aliphatic carbocycles. The molecule has 2 aromatic rings. The van der Waals surface area contributed by atoms with E-state index in [9.17, 15) is 4.79 Å². The normalized spacial score (nSPS) is 19.6. The molecular formula is C16H15BrN2O. The minimum atomic E-state index is -0.374. The molecular weight excluding hydrogens is 316 g/mol. The third-order valence-corrected chi connectivity index (χ3v) is 4.25. The standard InChI is InChI=1S/C16H15BrN2O/c1-16(2)12(15(20)18-19-16)9-11-7-3-5-10-6-4-8-13(17)14(10)11/h3-9,19H,1-2H3,(H,18,20)/b12-9+. The number of nitrogens with one attached hydrogen (secondary N) is 2. The van der Waals surface area contributed by atoms with E-state index in [0.29, 0.717) is 0 Å². The fourth-order valence-electron chi connectivity index (χ4n) is 2.48. The molecule has 1 aliphatic heterocycles. The largest absolute Gasteiger partial charge is 0.287 e. The number of carbonyl (C=O) groups is 1. The quantitative estimate of drug-likeness (QED) is 0.787. The summed E-state index contributed by atoms with van der Waals surface area (Å²) in [5.74, 6) is -0.0703. The van der Waals surface area contributed by atoms with Crippen molar-refractivity contribution in [3.63, 3.8) is 0 Å². The van der Waals surface area contributed by atoms with Crippen LogP contribution in [0.2, 0.25) is 0 Å². The molecule has 1 amide bonds. The Morgan fingerprint density at radius 1 is 1.15 bits per heavy atom. The Kier molecular flexibility index (Phi) is 3.15. The molecule has 0 atom stereocenters. The Hall–Kier alpha value is -1.65. The van der Waals surface area contributed by atoms with Crippen LogP contribution >= 0.6 is 15.9 Å². The van der Waals surface area contributed by atoms with Crippen molar-refractivity contribution in [3.05, 3.63) is 52.0 Å². The second-order valence-electron chi connectivity index (χ2n) is 5.45. The van der Waals surface area contributed by atoms with E-state index in [0.717, 1.165) is 26.4 Å². The second-order valence-corrected chi connectivity index (χ2v) is 6.30. The van der Waals surface area contributed by atoms with Gasteiger partial charge in [0, 0.05) is 15.4 Å². The molecule has 2 N–H and O–H groups in total. The predicted octanol–water partition coefficient (Wildman–Crippen LogP) is 3.40. The van der Waals surface area contributed by atoms with E-state index in [1.54, 1.807) is 0 Å². The van der Waals surface area contributed by atoms with E-state index < -0.39 is 0 Å². The summed E-state index contributed by atoms with van der Waals surface area (Å²) in [6.45, 7) is 3.97. The van der Waals surface area contributed by atoms with Gasteiger partial charge in [-0.25, -0.2) is 5.43 Å². The number of fused-ring (bicyclic) bond motifs is 1. The maximum atomic E-state index is 12.0. The first-order valence-corrected chi connectivity index (χ1v) is 7.25. The fraction of sp³-hybridized carbons (Fsp3) is 0.188. The summed E-state index contributed by atoms with van der Waals surface area (Å²) in [6.07, 6.45) is 1.96. The molecule has 0 bridgehead atoms. The topological polar surface area (TPSA) is 41.1 Å². The molecule has 0 unspecified atom stereocenters. The third-order valence-electron chi connectivity index (χ3n) is 3.59. The van der Waals surface area contributed by atoms with Gasteiger partial charge >= 0.3 is 0 Å². The van der Waals surface area contributed by atoms with Gasteiger partial charge in [0.2, 0.25) is 0 Å². The van der Waals surface area contributed by atoms with Crippen LogP contribution in [0.15, 0.2) is 46.4 Å². The van der Waals surface area contributed by atoms with Gasteiger partial charge in [-0.3, -0.25) is 10.2 Å². The van der Waals surface area contributed by atoms with Gasteiger partial charge < -0.3 is 0 Å². The Morgan fingerprint density at radius 3 is 2.50 bits per heavy atom. The highest BCUT2D eigenvalue weighted by Crippen LogP contribution is 2.31. The van der Waals surface area contributed by atoms with Crippen molar-refractivity contribution >= 4 is 38.7 Å². The number of carbonyl (C=O) groups excluding carboxylic acids is 1. The van der Waals surface area contributed by atoms with Crippen molar-refractivity contribution in [2.75, 3.05) is 0 Å². The molecule has 1 aliphatic rings. The van der Waals surface area contributed by atoms with Gasteiger partial charge in [0.1, 0.15) is 0 Å². The van der Waals surface area contributed by atoms with Crippen LogP contribution in [0.25, 0.3) is 16.8 Å². The van der Waals surface area contributed by atoms with Crippen LogP contribution in [-0.4, -0.2) is 11.4 Å². The van der Waals surface area contributed by atoms with Crippen molar-refractivity contribution in [1.29, 1.82) is 0 Å². The summed E-state index contributed by atoms with van der Waals surface area (Å²) < 4.78 is 1.03. The molecule has 0 spiro atoms. The van der Waals surface area contributed by atoms with Crippen LogP contribution in [0.1, 0.15) is 19.4 Å². The molecule has 2 aromatic carbocycles. The lowest BCUT2D eigenvalue weighted by Crippen LogP contribution is -2.38. The first-order valence-electron chi connectivity index (χ1n) is 6.46. The van der Waals surface area contributed by atoms with E-state index in [-0.39, 0.29) is 11.4 Å². The highest BCUT2D eigenvalue weighted by molar-refractivity contribution is 9.10. The van der Waals surface area contributed by atoms with Gasteiger partial charge in [-0.15, -0.1) is 0 Å². The summed E-state index contributed by atoms with van der Waals surface area (Å²) in [4.78, 5) is 12.0. The summed E-state index contributed by atoms with van der Waals surface area (Å²) in [5, 5.41) is 2.27. The molecule has 20 heavy (non-hydrogen) atoms. The third kappa shape index (κ3) is 2.15. The van der Waals surface area contributed by atoms with Gasteiger partial charge in [-0.2, -0.15) is 0 Å². The number of benzene rings is 2. The van der Waals surface area contributed by atoms with Crippen LogP contribution in [-0.2, 0) is 4.79 Å². The van der Waals surface area contributed by atoms with Crippen LogP contribution in [0.5, 0.6) is 0 Å². The van der Waals surface area contributed by atoms with Crippen LogP contribution in [0.3, 0.4) is 0 Å². The van der Waals surface area contributed by atoms with Crippen LogP contribution in [0.4, 0.5) is 0 Å². The molecule has 0 radical (unpaired) electrons. The Morgan fingerprint density at radius 2 is 1.85 bits per heavy atom. The average molecular weight is 331 g/mol. The monoisotopic (exact) mass is 330 g/mol. The highest BCUT2D eigenvalue weighted by atomic mass is 79.9. The summed E-state index contributed by atoms with van der Waals surface area (Å²) in [7, 11) is 0. The molecule has 0 aromatic heterocycles. The molecule has 1 heterocycles. The molecule has 102 valence electrons. The van der Waals surface area contributed by atoms with Crippen molar-refractivity contribution in [1.82, 2.24) is 10.9 Å². The number of amides is 1. The molecule has 3 nitrogen and oxygen atoms in total. The second kappa shape index (κ2) is 4.72. The number of hydrazine groups is 1. The lowest BCUT2D eigenvalue weighted by Gasteiger charge is -2.17. The minimum absolute atomic E-state index is 0.0703. The van der Waals surface area contributed by atoms with E-state index >= 15 is 0 Å². The van der Waals surface area contributed by atoms with Crippen molar-refractivity contribution in [2.24, 2.45) is 0 Å². The Balaban J connectivity index is 2.23. The van der Waals surface area contributed by atoms with Gasteiger partial charge in [-0.05, 0) is 36.9 Å². The van der Waals surface area contributed by atoms with Gasteiger partial charge in [0.15, 0.2) is 0 Å². The van der Waals surface area contributed by atoms with E-state index in [1.165, 1.54) is 0 Å². The fourth-order valence-corrected chi connectivity index (χ4v) is 3.09. The molecule has 0 saturated carbocycles. The smallest absolute Gasteiger partial charge is 0.263 e. The summed E-state index contributed by atoms with van der Waals surface area (Å²) >= 11 is 3.60. The SMILES string of the molecule is CC1(C)NNC(=O)/C1=C\c1cccc2cccc(Br)c12. The van der Waals surface area contributed by atoms with Gasteiger partial charge in [0.05, 0.1) is 5.54 Å². The van der Waals surface area contributed by atoms with E-state index in [4.69, 9.17) is 0 Å². The van der Waals surface area contributed by atoms with Crippen molar-refractivity contribution in [3.8, 4) is 0 Å². The Bertz CT molecular complexity index is 729. The van der Waals surface area contributed by atoms with Crippen molar-refractivity contribution in [2.45, 2.75) is 19.4 Å². The van der Waals surface area contributed by atoms with Crippen LogP contribution in [0, 0.1) is 0 Å². The summed E-state index contributed by atoms with van der Waals surface area (Å²) in [5.41, 5.74) is 7.07. The first kappa shape index (κ1) is 13.3. The first-order chi connectivity index (χ1) is 9.49. The summed E-state index contributed by atoms with van der Waals surface area (Å²) in [6, 6.07) is 12.2. The minimum Gasteiger partial charge on any atom is -0.287 e. The van der Waals surface area contributed by atoms with Crippen molar-refractivity contribution < 1.29 is 4.79 Å². The molecule has 3 rings (SSSR count). The number of hydrogen-bond acceptors (Lipinski definition) is 2. The number of hydrogen-bond donors (Lipinski definition) is 2. The average Bonchev–Trinajstić information content (AvgIpc) is 2.66. The van der Waals surface area contributed by atoms with E-state index in [2.05, 4.69) is 38.9 Å². The zero-order chi connectivity index (χ0) is 14.3. The maximum absolute atomic E-state index is 12.0. The number of rotatable bonds is 1. The Labute approximate surface area is 126 Å². The number of halogens is 1. The van der Waals surface area contributed by atoms with Gasteiger partial charge in [-0.1, -0.05) is 46.3 Å². The lowest BCUT2D eigenvalue weighted by molar-refractivity contribution is -0.116. The van der Waals surface area contributed by atoms with Gasteiger partial charge in [0.25, 0.3) is 5.91 Å². The lowest BCUT2D eigenvalue weighted by atomic mass is 9.92. The molecule has 1 fully saturated rings. The zero-order valence-corrected chi connectivity index (χ0v) is 12.9. The zero-order valence-electron chi connectivity index (χ0n) is 11.3. The molecule has 4 heteroatoms. The molecule has 1 saturated heterocycles.